The van der Waals surface area contributed by atoms with E-state index in [0.29, 0.717) is 12.1 Å². The minimum Gasteiger partial charge on any atom is -0.352 e. The highest BCUT2D eigenvalue weighted by atomic mass is 35.5. The number of halogens is 1. The van der Waals surface area contributed by atoms with Crippen LogP contribution in [0.1, 0.15) is 67.3 Å². The van der Waals surface area contributed by atoms with Gasteiger partial charge in [0.1, 0.15) is 0 Å². The number of nitrogens with two attached hydrogens (primary N) is 1. The molecule has 2 aliphatic rings. The van der Waals surface area contributed by atoms with E-state index in [4.69, 9.17) is 5.73 Å². The maximum atomic E-state index is 12.3. The van der Waals surface area contributed by atoms with Gasteiger partial charge in [0.25, 0.3) is 5.91 Å². The summed E-state index contributed by atoms with van der Waals surface area (Å²) in [6, 6.07) is 8.02. The van der Waals surface area contributed by atoms with Crippen LogP contribution in [0.4, 0.5) is 0 Å². The normalized spacial score (nSPS) is 23.1. The molecule has 2 amide bonds. The fourth-order valence-electron chi connectivity index (χ4n) is 3.83. The molecule has 1 aromatic rings. The molecule has 2 saturated carbocycles. The quantitative estimate of drug-likeness (QED) is 0.735. The van der Waals surface area contributed by atoms with Gasteiger partial charge in [0.2, 0.25) is 5.91 Å². The van der Waals surface area contributed by atoms with Crippen LogP contribution in [0.3, 0.4) is 0 Å². The van der Waals surface area contributed by atoms with E-state index >= 15 is 0 Å². The van der Waals surface area contributed by atoms with Crippen molar-refractivity contribution in [3.05, 3.63) is 35.4 Å². The fraction of sp³-hybridized carbons (Fsp3) is 0.600. The summed E-state index contributed by atoms with van der Waals surface area (Å²) in [6.45, 7) is 0.526. The van der Waals surface area contributed by atoms with Crippen molar-refractivity contribution in [3.8, 4) is 0 Å². The lowest BCUT2D eigenvalue weighted by Crippen LogP contribution is -2.40. The molecular weight excluding hydrogens is 350 g/mol. The van der Waals surface area contributed by atoms with Gasteiger partial charge >= 0.3 is 0 Å². The van der Waals surface area contributed by atoms with Gasteiger partial charge in [-0.05, 0) is 56.2 Å². The molecule has 5 nitrogen and oxygen atoms in total. The van der Waals surface area contributed by atoms with E-state index in [1.54, 1.807) is 0 Å². The van der Waals surface area contributed by atoms with E-state index in [1.165, 1.54) is 0 Å². The van der Waals surface area contributed by atoms with Crippen LogP contribution in [0, 0.1) is 5.92 Å². The Kier molecular flexibility index (Phi) is 7.91. The van der Waals surface area contributed by atoms with Gasteiger partial charge < -0.3 is 16.4 Å². The zero-order chi connectivity index (χ0) is 17.6. The predicted octanol–water partition coefficient (Wildman–Crippen LogP) is 2.91. The van der Waals surface area contributed by atoms with E-state index in [2.05, 4.69) is 10.6 Å². The number of hydrogen-bond acceptors (Lipinski definition) is 3. The van der Waals surface area contributed by atoms with Gasteiger partial charge in [-0.3, -0.25) is 9.59 Å². The maximum Gasteiger partial charge on any atom is 0.251 e. The van der Waals surface area contributed by atoms with Crippen LogP contribution in [0.2, 0.25) is 0 Å². The average molecular weight is 380 g/mol. The van der Waals surface area contributed by atoms with Gasteiger partial charge in [-0.2, -0.15) is 0 Å². The molecule has 3 rings (SSSR count). The highest BCUT2D eigenvalue weighted by Gasteiger charge is 2.22. The lowest BCUT2D eigenvalue weighted by atomic mass is 9.91. The average Bonchev–Trinajstić information content (AvgIpc) is 3.17. The van der Waals surface area contributed by atoms with Crippen molar-refractivity contribution < 1.29 is 9.59 Å². The second kappa shape index (κ2) is 9.93. The van der Waals surface area contributed by atoms with E-state index in [0.717, 1.165) is 56.9 Å². The summed E-state index contributed by atoms with van der Waals surface area (Å²) in [7, 11) is 0. The summed E-state index contributed by atoms with van der Waals surface area (Å²) in [6.07, 6.45) is 8.21. The van der Waals surface area contributed by atoms with Crippen LogP contribution in [-0.2, 0) is 11.3 Å². The zero-order valence-corrected chi connectivity index (χ0v) is 16.0. The first-order valence-corrected chi connectivity index (χ1v) is 9.55. The Morgan fingerprint density at radius 1 is 0.962 bits per heavy atom. The molecule has 2 aliphatic carbocycles. The van der Waals surface area contributed by atoms with Gasteiger partial charge in [-0.1, -0.05) is 25.0 Å². The first-order valence-electron chi connectivity index (χ1n) is 9.55. The summed E-state index contributed by atoms with van der Waals surface area (Å²) in [5.74, 6) is 0.325. The van der Waals surface area contributed by atoms with Crippen LogP contribution in [-0.4, -0.2) is 23.9 Å². The second-order valence-corrected chi connectivity index (χ2v) is 7.48. The van der Waals surface area contributed by atoms with Crippen molar-refractivity contribution in [1.29, 1.82) is 0 Å². The Morgan fingerprint density at radius 3 is 2.19 bits per heavy atom. The number of nitrogens with one attached hydrogen (secondary N) is 2. The highest BCUT2D eigenvalue weighted by Crippen LogP contribution is 2.24. The third kappa shape index (κ3) is 5.71. The number of benzene rings is 1. The standard InChI is InChI=1S/C20H29N3O2.ClH/c21-17-9-11-18(12-10-17)23-20(25)16-7-5-14(6-8-16)13-22-19(24)15-3-1-2-4-15;/h5-8,15,17-18H,1-4,9-13,21H2,(H,22,24)(H,23,25);1H. The molecular formula is C20H30ClN3O2. The van der Waals surface area contributed by atoms with Crippen molar-refractivity contribution in [2.45, 2.75) is 70.0 Å². The van der Waals surface area contributed by atoms with Crippen molar-refractivity contribution >= 4 is 24.2 Å². The number of carbonyl (C=O) groups excluding carboxylic acids is 2. The summed E-state index contributed by atoms with van der Waals surface area (Å²) in [5.41, 5.74) is 7.59. The monoisotopic (exact) mass is 379 g/mol. The molecule has 4 N–H and O–H groups in total. The molecule has 0 heterocycles. The van der Waals surface area contributed by atoms with Crippen LogP contribution in [0.15, 0.2) is 24.3 Å². The van der Waals surface area contributed by atoms with E-state index in [9.17, 15) is 9.59 Å². The van der Waals surface area contributed by atoms with Gasteiger partial charge in [-0.15, -0.1) is 12.4 Å². The van der Waals surface area contributed by atoms with E-state index in [1.807, 2.05) is 24.3 Å². The first-order chi connectivity index (χ1) is 12.1. The fourth-order valence-corrected chi connectivity index (χ4v) is 3.83. The van der Waals surface area contributed by atoms with Crippen LogP contribution >= 0.6 is 12.4 Å². The molecule has 0 radical (unpaired) electrons. The third-order valence-corrected chi connectivity index (χ3v) is 5.52. The molecule has 1 aromatic carbocycles. The SMILES string of the molecule is Cl.NC1CCC(NC(=O)c2ccc(CNC(=O)C3CCCC3)cc2)CC1. The van der Waals surface area contributed by atoms with Crippen LogP contribution in [0.25, 0.3) is 0 Å². The van der Waals surface area contributed by atoms with Crippen molar-refractivity contribution in [2.75, 3.05) is 0 Å². The molecule has 0 aliphatic heterocycles. The Hall–Kier alpha value is -1.59. The van der Waals surface area contributed by atoms with Gasteiger partial charge in [0, 0.05) is 30.1 Å². The Morgan fingerprint density at radius 2 is 1.58 bits per heavy atom. The van der Waals surface area contributed by atoms with E-state index < -0.39 is 0 Å². The minimum atomic E-state index is -0.0259. The largest absolute Gasteiger partial charge is 0.352 e. The van der Waals surface area contributed by atoms with Gasteiger partial charge in [0.15, 0.2) is 0 Å². The first kappa shape index (κ1) is 20.7. The summed E-state index contributed by atoms with van der Waals surface area (Å²) in [5, 5.41) is 6.11. The topological polar surface area (TPSA) is 84.2 Å². The Bertz CT molecular complexity index is 592. The molecule has 2 fully saturated rings. The van der Waals surface area contributed by atoms with Gasteiger partial charge in [0.05, 0.1) is 0 Å². The zero-order valence-electron chi connectivity index (χ0n) is 15.2. The summed E-state index contributed by atoms with van der Waals surface area (Å²) >= 11 is 0. The molecule has 0 saturated heterocycles. The Balaban J connectivity index is 0.00000243. The van der Waals surface area contributed by atoms with Crippen molar-refractivity contribution in [3.63, 3.8) is 0 Å². The van der Waals surface area contributed by atoms with Crippen LogP contribution < -0.4 is 16.4 Å². The number of amides is 2. The smallest absolute Gasteiger partial charge is 0.251 e. The molecule has 0 spiro atoms. The Labute approximate surface area is 161 Å². The van der Waals surface area contributed by atoms with Crippen molar-refractivity contribution in [2.24, 2.45) is 11.7 Å². The lowest BCUT2D eigenvalue weighted by Gasteiger charge is -2.26. The summed E-state index contributed by atoms with van der Waals surface area (Å²) < 4.78 is 0. The lowest BCUT2D eigenvalue weighted by molar-refractivity contribution is -0.124. The van der Waals surface area contributed by atoms with Crippen molar-refractivity contribution in [1.82, 2.24) is 10.6 Å². The van der Waals surface area contributed by atoms with Gasteiger partial charge in [-0.25, -0.2) is 0 Å². The molecule has 6 heteroatoms. The molecule has 144 valence electrons. The number of carbonyl (C=O) groups is 2. The number of hydrogen-bond donors (Lipinski definition) is 3. The maximum absolute atomic E-state index is 12.3. The molecule has 0 atom stereocenters. The highest BCUT2D eigenvalue weighted by molar-refractivity contribution is 5.94. The third-order valence-electron chi connectivity index (χ3n) is 5.52. The minimum absolute atomic E-state index is 0. The molecule has 0 unspecified atom stereocenters. The van der Waals surface area contributed by atoms with E-state index in [-0.39, 0.29) is 42.2 Å². The van der Waals surface area contributed by atoms with Crippen LogP contribution in [0.5, 0.6) is 0 Å². The number of rotatable bonds is 5. The molecule has 0 aromatic heterocycles. The summed E-state index contributed by atoms with van der Waals surface area (Å²) in [4.78, 5) is 24.4. The molecule has 0 bridgehead atoms. The molecule has 26 heavy (non-hydrogen) atoms. The predicted molar refractivity (Wildman–Crippen MR) is 105 cm³/mol. The second-order valence-electron chi connectivity index (χ2n) is 7.48.